The first-order valence-electron chi connectivity index (χ1n) is 20.0. The summed E-state index contributed by atoms with van der Waals surface area (Å²) in [5, 5.41) is 0. The van der Waals surface area contributed by atoms with E-state index in [1.807, 2.05) is 31.2 Å². The summed E-state index contributed by atoms with van der Waals surface area (Å²) in [6.07, 6.45) is 0. The zero-order chi connectivity index (χ0) is 41.3. The van der Waals surface area contributed by atoms with Gasteiger partial charge in [0.25, 0.3) is 10.1 Å². The number of ether oxygens (including phenoxy) is 5. The van der Waals surface area contributed by atoms with Crippen LogP contribution in [0.4, 0.5) is 0 Å². The van der Waals surface area contributed by atoms with Gasteiger partial charge in [0.1, 0.15) is 12.4 Å². The van der Waals surface area contributed by atoms with E-state index in [0.29, 0.717) is 52.9 Å². The van der Waals surface area contributed by atoms with Crippen LogP contribution in [0.3, 0.4) is 0 Å². The van der Waals surface area contributed by atoms with Gasteiger partial charge >= 0.3 is 0 Å². The zero-order valence-corrected chi connectivity index (χ0v) is 35.0. The van der Waals surface area contributed by atoms with Gasteiger partial charge in [0.05, 0.1) is 69.8 Å². The minimum Gasteiger partial charge on any atom is -0.491 e. The first kappa shape index (κ1) is 43.4. The minimum atomic E-state index is -3.79. The lowest BCUT2D eigenvalue weighted by Crippen LogP contribution is -2.31. The fraction of sp³-hybridized carbons (Fsp3) is 0.280. The molecule has 8 nitrogen and oxygen atoms in total. The molecule has 0 aliphatic heterocycles. The lowest BCUT2D eigenvalue weighted by Gasteiger charge is -2.37. The summed E-state index contributed by atoms with van der Waals surface area (Å²) < 4.78 is 58.7. The molecule has 0 aliphatic carbocycles. The first-order chi connectivity index (χ1) is 28.8. The average Bonchev–Trinajstić information content (AvgIpc) is 3.25. The number of rotatable bonds is 23. The van der Waals surface area contributed by atoms with Crippen LogP contribution in [0.5, 0.6) is 5.75 Å². The largest absolute Gasteiger partial charge is 0.491 e. The summed E-state index contributed by atoms with van der Waals surface area (Å²) in [4.78, 5) is 0.133. The van der Waals surface area contributed by atoms with Gasteiger partial charge in [0.15, 0.2) is 0 Å². The molecule has 6 aromatic rings. The minimum absolute atomic E-state index is 0.0578. The third-order valence-electron chi connectivity index (χ3n) is 10.1. The Morgan fingerprint density at radius 1 is 0.441 bits per heavy atom. The third kappa shape index (κ3) is 11.8. The molecule has 0 atom stereocenters. The van der Waals surface area contributed by atoms with E-state index in [9.17, 15) is 8.42 Å². The SMILES string of the molecule is Cc1ccc(S(=O)(=O)OCCOCCOCc2ccc(COCCOCCOc3c(C)cc(C(c4ccccc4)(c4ccccc4)c4ccccc4)cc3C)cc2)cc1. The van der Waals surface area contributed by atoms with Gasteiger partial charge in [-0.3, -0.25) is 4.18 Å². The molecule has 0 bridgehead atoms. The monoisotopic (exact) mass is 814 g/mol. The van der Waals surface area contributed by atoms with Crippen LogP contribution in [0.2, 0.25) is 0 Å². The second-order valence-corrected chi connectivity index (χ2v) is 16.0. The van der Waals surface area contributed by atoms with E-state index in [4.69, 9.17) is 27.9 Å². The highest BCUT2D eigenvalue weighted by atomic mass is 32.2. The smallest absolute Gasteiger partial charge is 0.297 e. The average molecular weight is 815 g/mol. The van der Waals surface area contributed by atoms with E-state index in [1.165, 1.54) is 34.4 Å². The lowest BCUT2D eigenvalue weighted by atomic mass is 9.64. The Bertz CT molecular complexity index is 2140. The van der Waals surface area contributed by atoms with E-state index in [2.05, 4.69) is 117 Å². The molecule has 0 spiro atoms. The highest BCUT2D eigenvalue weighted by Gasteiger charge is 2.38. The van der Waals surface area contributed by atoms with Gasteiger partial charge in [-0.2, -0.15) is 8.42 Å². The van der Waals surface area contributed by atoms with Crippen molar-refractivity contribution in [1.29, 1.82) is 0 Å². The van der Waals surface area contributed by atoms with Crippen molar-refractivity contribution in [3.8, 4) is 5.75 Å². The van der Waals surface area contributed by atoms with Crippen molar-refractivity contribution in [3.05, 3.63) is 202 Å². The van der Waals surface area contributed by atoms with Crippen LogP contribution in [0.25, 0.3) is 0 Å². The summed E-state index contributed by atoms with van der Waals surface area (Å²) in [6.45, 7) is 9.70. The molecule has 9 heteroatoms. The predicted molar refractivity (Wildman–Crippen MR) is 231 cm³/mol. The van der Waals surface area contributed by atoms with Crippen LogP contribution >= 0.6 is 0 Å². The standard InChI is InChI=1S/C50H54O8S/c1-39-19-25-48(26-20-39)59(51,52)58-34-32-54-28-30-56-38-43-23-21-42(22-24-43)37-55-29-27-53-31-33-57-49-40(2)35-47(36-41(49)3)50(44-13-7-4-8-14-44,45-15-9-5-10-16-45)46-17-11-6-12-18-46/h4-26,35-36H,27-34,37-38H2,1-3H3. The molecule has 0 unspecified atom stereocenters. The molecule has 0 saturated heterocycles. The maximum absolute atomic E-state index is 12.2. The fourth-order valence-electron chi connectivity index (χ4n) is 7.19. The van der Waals surface area contributed by atoms with Crippen molar-refractivity contribution in [1.82, 2.24) is 0 Å². The van der Waals surface area contributed by atoms with Crippen LogP contribution in [-0.2, 0) is 51.9 Å². The van der Waals surface area contributed by atoms with Gasteiger partial charge in [-0.15, -0.1) is 0 Å². The van der Waals surface area contributed by atoms with Crippen molar-refractivity contribution < 1.29 is 36.3 Å². The van der Waals surface area contributed by atoms with Gasteiger partial charge in [-0.05, 0) is 77.4 Å². The van der Waals surface area contributed by atoms with E-state index in [-0.39, 0.29) is 18.1 Å². The molecule has 308 valence electrons. The van der Waals surface area contributed by atoms with Crippen LogP contribution in [-0.4, -0.2) is 61.3 Å². The fourth-order valence-corrected chi connectivity index (χ4v) is 8.08. The number of hydrogen-bond donors (Lipinski definition) is 0. The Morgan fingerprint density at radius 3 is 1.31 bits per heavy atom. The lowest BCUT2D eigenvalue weighted by molar-refractivity contribution is 0.0298. The highest BCUT2D eigenvalue weighted by molar-refractivity contribution is 7.86. The first-order valence-corrected chi connectivity index (χ1v) is 21.4. The molecule has 59 heavy (non-hydrogen) atoms. The van der Waals surface area contributed by atoms with Crippen molar-refractivity contribution >= 4 is 10.1 Å². The Hall–Kier alpha value is -5.13. The van der Waals surface area contributed by atoms with E-state index >= 15 is 0 Å². The number of hydrogen-bond acceptors (Lipinski definition) is 8. The normalized spacial score (nSPS) is 11.8. The van der Waals surface area contributed by atoms with Crippen molar-refractivity contribution in [3.63, 3.8) is 0 Å². The van der Waals surface area contributed by atoms with E-state index < -0.39 is 15.5 Å². The molecule has 6 rings (SSSR count). The molecule has 0 radical (unpaired) electrons. The van der Waals surface area contributed by atoms with E-state index in [1.54, 1.807) is 12.1 Å². The molecule has 0 aliphatic rings. The Labute approximate surface area is 349 Å². The summed E-state index contributed by atoms with van der Waals surface area (Å²) in [5.74, 6) is 0.883. The van der Waals surface area contributed by atoms with Crippen LogP contribution in [0.1, 0.15) is 50.1 Å². The molecular weight excluding hydrogens is 761 g/mol. The topological polar surface area (TPSA) is 89.5 Å². The summed E-state index contributed by atoms with van der Waals surface area (Å²) in [6, 6.07) is 51.3. The third-order valence-corrected chi connectivity index (χ3v) is 11.4. The quantitative estimate of drug-likeness (QED) is 0.0359. The molecule has 0 amide bonds. The molecule has 0 heterocycles. The zero-order valence-electron chi connectivity index (χ0n) is 34.2. The summed E-state index contributed by atoms with van der Waals surface area (Å²) in [7, 11) is -3.79. The molecular formula is C50H54O8S. The molecule has 6 aromatic carbocycles. The van der Waals surface area contributed by atoms with Crippen molar-refractivity contribution in [2.75, 3.05) is 52.9 Å². The second-order valence-electron chi connectivity index (χ2n) is 14.4. The molecule has 0 fully saturated rings. The summed E-state index contributed by atoms with van der Waals surface area (Å²) in [5.41, 5.74) is 9.54. The van der Waals surface area contributed by atoms with Crippen LogP contribution in [0, 0.1) is 20.8 Å². The van der Waals surface area contributed by atoms with Gasteiger partial charge in [-0.1, -0.05) is 145 Å². The second kappa shape index (κ2) is 21.8. The Balaban J connectivity index is 0.888. The Kier molecular flexibility index (Phi) is 16.0. The molecule has 0 N–H and O–H groups in total. The van der Waals surface area contributed by atoms with Gasteiger partial charge in [0, 0.05) is 0 Å². The number of benzene rings is 6. The molecule has 0 saturated carbocycles. The maximum Gasteiger partial charge on any atom is 0.297 e. The molecule has 0 aromatic heterocycles. The van der Waals surface area contributed by atoms with Crippen LogP contribution in [0.15, 0.2) is 157 Å². The summed E-state index contributed by atoms with van der Waals surface area (Å²) >= 11 is 0. The Morgan fingerprint density at radius 2 is 0.847 bits per heavy atom. The predicted octanol–water partition coefficient (Wildman–Crippen LogP) is 9.55. The van der Waals surface area contributed by atoms with E-state index in [0.717, 1.165) is 33.6 Å². The van der Waals surface area contributed by atoms with Crippen molar-refractivity contribution in [2.45, 2.75) is 44.3 Å². The highest BCUT2D eigenvalue weighted by Crippen LogP contribution is 2.46. The van der Waals surface area contributed by atoms with Crippen LogP contribution < -0.4 is 4.74 Å². The maximum atomic E-state index is 12.2. The van der Waals surface area contributed by atoms with Gasteiger partial charge in [0.2, 0.25) is 0 Å². The van der Waals surface area contributed by atoms with Crippen molar-refractivity contribution in [2.24, 2.45) is 0 Å². The van der Waals surface area contributed by atoms with Gasteiger partial charge < -0.3 is 23.7 Å². The number of aryl methyl sites for hydroxylation is 3. The van der Waals surface area contributed by atoms with Gasteiger partial charge in [-0.25, -0.2) is 0 Å².